The molecule has 0 bridgehead atoms. The van der Waals surface area contributed by atoms with Crippen molar-refractivity contribution in [3.63, 3.8) is 0 Å². The Morgan fingerprint density at radius 3 is 2.58 bits per heavy atom. The van der Waals surface area contributed by atoms with Crippen molar-refractivity contribution in [1.29, 1.82) is 0 Å². The molecule has 1 aliphatic rings. The first kappa shape index (κ1) is 23.2. The topological polar surface area (TPSA) is 116 Å². The molecule has 0 saturated carbocycles. The predicted molar refractivity (Wildman–Crippen MR) is 136 cm³/mol. The molecule has 0 unspecified atom stereocenters. The van der Waals surface area contributed by atoms with Gasteiger partial charge in [-0.25, -0.2) is 9.37 Å². The number of hydrogen-bond donors (Lipinski definition) is 2. The molecular formula is C27H21FN6O4. The molecule has 6 rings (SSSR count). The van der Waals surface area contributed by atoms with E-state index in [0.29, 0.717) is 53.6 Å². The molecule has 5 aromatic rings. The van der Waals surface area contributed by atoms with Crippen LogP contribution in [0.2, 0.25) is 0 Å². The summed E-state index contributed by atoms with van der Waals surface area (Å²) in [6, 6.07) is 22.0. The average Bonchev–Trinajstić information content (AvgIpc) is 3.44. The van der Waals surface area contributed by atoms with Crippen molar-refractivity contribution in [3.05, 3.63) is 90.7 Å². The number of aromatic nitrogens is 4. The van der Waals surface area contributed by atoms with Crippen LogP contribution in [0.25, 0.3) is 11.4 Å². The number of nitrogens with zero attached hydrogens (tertiary/aromatic N) is 4. The van der Waals surface area contributed by atoms with E-state index in [1.807, 2.05) is 36.4 Å². The van der Waals surface area contributed by atoms with Crippen LogP contribution in [0.4, 0.5) is 27.5 Å². The highest BCUT2D eigenvalue weighted by molar-refractivity contribution is 5.64. The first-order chi connectivity index (χ1) is 18.7. The molecule has 1 aliphatic heterocycles. The van der Waals surface area contributed by atoms with Crippen molar-refractivity contribution in [2.45, 2.75) is 6.61 Å². The van der Waals surface area contributed by atoms with E-state index in [1.54, 1.807) is 36.4 Å². The maximum Gasteiger partial charge on any atom is 0.264 e. The normalized spacial score (nSPS) is 12.1. The number of ether oxygens (including phenoxy) is 3. The summed E-state index contributed by atoms with van der Waals surface area (Å²) in [6.45, 7) is 1.05. The minimum absolute atomic E-state index is 0.0113. The summed E-state index contributed by atoms with van der Waals surface area (Å²) in [6.07, 6.45) is 1.09. The molecule has 3 aromatic carbocycles. The largest absolute Gasteiger partial charge is 0.486 e. The molecule has 0 atom stereocenters. The van der Waals surface area contributed by atoms with Crippen molar-refractivity contribution in [2.75, 3.05) is 23.8 Å². The summed E-state index contributed by atoms with van der Waals surface area (Å²) in [5.41, 5.74) is 2.11. The van der Waals surface area contributed by atoms with Gasteiger partial charge in [-0.1, -0.05) is 41.6 Å². The molecule has 11 heteroatoms. The molecule has 3 heterocycles. The summed E-state index contributed by atoms with van der Waals surface area (Å²) in [4.78, 5) is 12.7. The quantitative estimate of drug-likeness (QED) is 0.276. The zero-order valence-electron chi connectivity index (χ0n) is 19.9. The van der Waals surface area contributed by atoms with E-state index in [4.69, 9.17) is 18.7 Å². The number of rotatable bonds is 8. The predicted octanol–water partition coefficient (Wildman–Crippen LogP) is 5.50. The van der Waals surface area contributed by atoms with Gasteiger partial charge in [0, 0.05) is 29.1 Å². The molecule has 0 radical (unpaired) electrons. The van der Waals surface area contributed by atoms with Crippen molar-refractivity contribution >= 4 is 23.1 Å². The van der Waals surface area contributed by atoms with E-state index in [1.165, 1.54) is 0 Å². The zero-order valence-corrected chi connectivity index (χ0v) is 19.9. The Labute approximate surface area is 216 Å². The van der Waals surface area contributed by atoms with Gasteiger partial charge in [-0.15, -0.1) is 0 Å². The van der Waals surface area contributed by atoms with Gasteiger partial charge in [0.1, 0.15) is 19.0 Å². The van der Waals surface area contributed by atoms with Crippen molar-refractivity contribution in [3.8, 4) is 28.6 Å². The Morgan fingerprint density at radius 2 is 1.68 bits per heavy atom. The van der Waals surface area contributed by atoms with Crippen LogP contribution < -0.4 is 24.8 Å². The van der Waals surface area contributed by atoms with E-state index in [0.717, 1.165) is 11.8 Å². The zero-order chi connectivity index (χ0) is 25.7. The fourth-order valence-corrected chi connectivity index (χ4v) is 3.73. The highest BCUT2D eigenvalue weighted by Crippen LogP contribution is 2.34. The summed E-state index contributed by atoms with van der Waals surface area (Å²) in [5.74, 6) is 2.24. The van der Waals surface area contributed by atoms with Crippen LogP contribution in [0.3, 0.4) is 0 Å². The Hall–Kier alpha value is -5.19. The van der Waals surface area contributed by atoms with Crippen LogP contribution >= 0.6 is 0 Å². The second-order valence-electron chi connectivity index (χ2n) is 8.19. The van der Waals surface area contributed by atoms with Gasteiger partial charge >= 0.3 is 0 Å². The third-order valence-electron chi connectivity index (χ3n) is 5.50. The molecule has 0 spiro atoms. The van der Waals surface area contributed by atoms with Gasteiger partial charge in [0.05, 0.1) is 6.20 Å². The number of anilines is 4. The monoisotopic (exact) mass is 512 g/mol. The number of benzene rings is 3. The van der Waals surface area contributed by atoms with E-state index < -0.39 is 5.82 Å². The molecule has 0 aliphatic carbocycles. The van der Waals surface area contributed by atoms with Crippen LogP contribution in [-0.4, -0.2) is 33.3 Å². The average molecular weight is 513 g/mol. The van der Waals surface area contributed by atoms with Gasteiger partial charge in [0.15, 0.2) is 29.7 Å². The number of nitrogens with one attached hydrogen (secondary N) is 2. The lowest BCUT2D eigenvalue weighted by Crippen LogP contribution is -2.15. The molecule has 38 heavy (non-hydrogen) atoms. The standard InChI is InChI=1S/C27H21FN6O4/c28-21-15-29-27(33-26(21)30-19-9-10-22-23(14-19)36-12-11-35-22)31-18-7-4-8-20(13-18)37-16-24-32-25(34-38-24)17-5-2-1-3-6-17/h1-10,13-15H,11-12,16H2,(H2,29,30,31,33). The van der Waals surface area contributed by atoms with Gasteiger partial charge in [-0.2, -0.15) is 9.97 Å². The van der Waals surface area contributed by atoms with E-state index in [-0.39, 0.29) is 18.4 Å². The highest BCUT2D eigenvalue weighted by Gasteiger charge is 2.14. The number of hydrogen-bond acceptors (Lipinski definition) is 10. The molecular weight excluding hydrogens is 491 g/mol. The van der Waals surface area contributed by atoms with Crippen molar-refractivity contribution in [1.82, 2.24) is 20.1 Å². The lowest BCUT2D eigenvalue weighted by Gasteiger charge is -2.19. The number of halogens is 1. The summed E-state index contributed by atoms with van der Waals surface area (Å²) < 4.78 is 36.7. The second kappa shape index (κ2) is 10.4. The van der Waals surface area contributed by atoms with Gasteiger partial charge in [-0.3, -0.25) is 0 Å². The van der Waals surface area contributed by atoms with Crippen LogP contribution in [-0.2, 0) is 6.61 Å². The molecule has 0 fully saturated rings. The Morgan fingerprint density at radius 1 is 0.842 bits per heavy atom. The first-order valence-electron chi connectivity index (χ1n) is 11.8. The summed E-state index contributed by atoms with van der Waals surface area (Å²) in [5, 5.41) is 10.0. The van der Waals surface area contributed by atoms with Gasteiger partial charge in [-0.05, 0) is 24.3 Å². The molecule has 10 nitrogen and oxygen atoms in total. The SMILES string of the molecule is Fc1cnc(Nc2cccc(OCc3nc(-c4ccccc4)no3)c2)nc1Nc1ccc2c(c1)OCCO2. The van der Waals surface area contributed by atoms with Crippen molar-refractivity contribution in [2.24, 2.45) is 0 Å². The van der Waals surface area contributed by atoms with Crippen LogP contribution in [0.15, 0.2) is 83.5 Å². The number of fused-ring (bicyclic) bond motifs is 1. The summed E-state index contributed by atoms with van der Waals surface area (Å²) in [7, 11) is 0. The van der Waals surface area contributed by atoms with Gasteiger partial charge in [0.2, 0.25) is 11.8 Å². The lowest BCUT2D eigenvalue weighted by molar-refractivity contribution is 0.171. The van der Waals surface area contributed by atoms with Crippen LogP contribution in [0, 0.1) is 5.82 Å². The Kier molecular flexibility index (Phi) is 6.37. The molecule has 190 valence electrons. The molecule has 2 aromatic heterocycles. The lowest BCUT2D eigenvalue weighted by atomic mass is 10.2. The molecule has 2 N–H and O–H groups in total. The van der Waals surface area contributed by atoms with E-state index >= 15 is 0 Å². The maximum absolute atomic E-state index is 14.5. The summed E-state index contributed by atoms with van der Waals surface area (Å²) >= 11 is 0. The molecule has 0 saturated heterocycles. The van der Waals surface area contributed by atoms with E-state index in [9.17, 15) is 4.39 Å². The van der Waals surface area contributed by atoms with Crippen LogP contribution in [0.1, 0.15) is 5.89 Å². The fourth-order valence-electron chi connectivity index (χ4n) is 3.73. The van der Waals surface area contributed by atoms with Crippen molar-refractivity contribution < 1.29 is 23.1 Å². The van der Waals surface area contributed by atoms with Gasteiger partial charge in [0.25, 0.3) is 5.89 Å². The maximum atomic E-state index is 14.5. The highest BCUT2D eigenvalue weighted by atomic mass is 19.1. The third kappa shape index (κ3) is 5.31. The van der Waals surface area contributed by atoms with Crippen LogP contribution in [0.5, 0.6) is 17.2 Å². The second-order valence-corrected chi connectivity index (χ2v) is 8.19. The Balaban J connectivity index is 1.11. The Bertz CT molecular complexity index is 1560. The minimum Gasteiger partial charge on any atom is -0.486 e. The van der Waals surface area contributed by atoms with E-state index in [2.05, 4.69) is 30.7 Å². The smallest absolute Gasteiger partial charge is 0.264 e. The first-order valence-corrected chi connectivity index (χ1v) is 11.8. The molecule has 0 amide bonds. The fraction of sp³-hybridized carbons (Fsp3) is 0.111. The third-order valence-corrected chi connectivity index (χ3v) is 5.50. The minimum atomic E-state index is -0.600. The van der Waals surface area contributed by atoms with Gasteiger partial charge < -0.3 is 29.4 Å².